The highest BCUT2D eigenvalue weighted by Gasteiger charge is 2.16. The van der Waals surface area contributed by atoms with E-state index in [1.54, 1.807) is 0 Å². The van der Waals surface area contributed by atoms with Crippen molar-refractivity contribution < 1.29 is 21.9 Å². The van der Waals surface area contributed by atoms with Gasteiger partial charge in [0.05, 0.1) is 24.0 Å². The fourth-order valence-electron chi connectivity index (χ4n) is 2.57. The summed E-state index contributed by atoms with van der Waals surface area (Å²) in [6.45, 7) is -0.0825. The molecule has 0 aliphatic carbocycles. The summed E-state index contributed by atoms with van der Waals surface area (Å²) < 4.78 is 59.6. The normalized spacial score (nSPS) is 11.4. The molecule has 1 N–H and O–H groups in total. The number of nitrogens with one attached hydrogen (secondary N) is 1. The minimum atomic E-state index is -3.96. The number of sulfonamides is 1. The zero-order valence-corrected chi connectivity index (χ0v) is 16.1. The second-order valence-corrected chi connectivity index (χ2v) is 7.77. The Labute approximate surface area is 165 Å². The van der Waals surface area contributed by atoms with Gasteiger partial charge in [-0.05, 0) is 42.5 Å². The van der Waals surface area contributed by atoms with Crippen molar-refractivity contribution in [3.8, 4) is 17.0 Å². The molecule has 29 heavy (non-hydrogen) atoms. The summed E-state index contributed by atoms with van der Waals surface area (Å²) in [5, 5.41) is 0. The molecule has 3 rings (SSSR count). The van der Waals surface area contributed by atoms with E-state index in [0.29, 0.717) is 11.3 Å². The maximum atomic E-state index is 13.7. The molecule has 0 aliphatic heterocycles. The Balaban J connectivity index is 1.67. The van der Waals surface area contributed by atoms with Gasteiger partial charge in [0.25, 0.3) is 5.56 Å². The van der Waals surface area contributed by atoms with Crippen LogP contribution >= 0.6 is 0 Å². The van der Waals surface area contributed by atoms with E-state index in [-0.39, 0.29) is 23.7 Å². The Bertz CT molecular complexity index is 1180. The number of aromatic nitrogens is 2. The van der Waals surface area contributed by atoms with Crippen LogP contribution in [0.2, 0.25) is 0 Å². The van der Waals surface area contributed by atoms with Gasteiger partial charge in [-0.15, -0.1) is 0 Å². The highest BCUT2D eigenvalue weighted by molar-refractivity contribution is 7.89. The molecule has 0 unspecified atom stereocenters. The molecule has 0 spiro atoms. The second kappa shape index (κ2) is 8.50. The fraction of sp³-hybridized carbons (Fsp3) is 0.158. The molecular formula is C19H17F2N3O4S. The lowest BCUT2D eigenvalue weighted by Crippen LogP contribution is -2.31. The van der Waals surface area contributed by atoms with Crippen LogP contribution in [0, 0.1) is 11.6 Å². The highest BCUT2D eigenvalue weighted by Crippen LogP contribution is 2.20. The summed E-state index contributed by atoms with van der Waals surface area (Å²) in [5.74, 6) is -1.26. The quantitative estimate of drug-likeness (QED) is 0.632. The molecule has 7 nitrogen and oxygen atoms in total. The van der Waals surface area contributed by atoms with Gasteiger partial charge in [0.2, 0.25) is 10.0 Å². The van der Waals surface area contributed by atoms with E-state index in [4.69, 9.17) is 4.74 Å². The van der Waals surface area contributed by atoms with Crippen molar-refractivity contribution in [2.45, 2.75) is 11.4 Å². The average Bonchev–Trinajstić information content (AvgIpc) is 2.69. The first-order valence-corrected chi connectivity index (χ1v) is 9.94. The molecular weight excluding hydrogens is 404 g/mol. The molecule has 0 saturated carbocycles. The zero-order valence-electron chi connectivity index (χ0n) is 15.3. The molecule has 10 heteroatoms. The molecule has 2 aromatic carbocycles. The lowest BCUT2D eigenvalue weighted by atomic mass is 10.1. The van der Waals surface area contributed by atoms with Crippen molar-refractivity contribution in [3.63, 3.8) is 0 Å². The summed E-state index contributed by atoms with van der Waals surface area (Å²) in [7, 11) is -2.69. The Morgan fingerprint density at radius 3 is 2.45 bits per heavy atom. The van der Waals surface area contributed by atoms with Crippen molar-refractivity contribution in [1.82, 2.24) is 14.3 Å². The molecule has 0 radical (unpaired) electrons. The Hall–Kier alpha value is -3.11. The van der Waals surface area contributed by atoms with E-state index >= 15 is 0 Å². The summed E-state index contributed by atoms with van der Waals surface area (Å²) in [6.07, 6.45) is 1.28. The van der Waals surface area contributed by atoms with E-state index in [1.807, 2.05) is 0 Å². The minimum Gasteiger partial charge on any atom is -0.494 e. The Morgan fingerprint density at radius 1 is 1.10 bits per heavy atom. The van der Waals surface area contributed by atoms with Gasteiger partial charge < -0.3 is 4.74 Å². The lowest BCUT2D eigenvalue weighted by molar-refractivity contribution is 0.385. The van der Waals surface area contributed by atoms with Crippen molar-refractivity contribution in [2.24, 2.45) is 0 Å². The summed E-state index contributed by atoms with van der Waals surface area (Å²) >= 11 is 0. The van der Waals surface area contributed by atoms with E-state index in [2.05, 4.69) is 9.71 Å². The van der Waals surface area contributed by atoms with Crippen LogP contribution in [0.15, 0.2) is 64.5 Å². The third-order valence-electron chi connectivity index (χ3n) is 4.10. The van der Waals surface area contributed by atoms with Crippen molar-refractivity contribution >= 4 is 10.0 Å². The predicted octanol–water partition coefficient (Wildman–Crippen LogP) is 2.18. The molecule has 0 saturated heterocycles. The molecule has 1 aromatic heterocycles. The number of ether oxygens (including phenoxy) is 1. The van der Waals surface area contributed by atoms with Crippen LogP contribution < -0.4 is 15.0 Å². The van der Waals surface area contributed by atoms with E-state index in [9.17, 15) is 22.0 Å². The topological polar surface area (TPSA) is 90.3 Å². The molecule has 0 atom stereocenters. The van der Waals surface area contributed by atoms with Crippen LogP contribution in [-0.2, 0) is 16.6 Å². The van der Waals surface area contributed by atoms with Crippen LogP contribution in [-0.4, -0.2) is 31.6 Å². The number of benzene rings is 2. The van der Waals surface area contributed by atoms with Gasteiger partial charge in [0.15, 0.2) is 11.6 Å². The maximum absolute atomic E-state index is 13.7. The second-order valence-electron chi connectivity index (χ2n) is 6.01. The van der Waals surface area contributed by atoms with Crippen LogP contribution in [0.3, 0.4) is 0 Å². The number of halogens is 2. The fourth-order valence-corrected chi connectivity index (χ4v) is 3.60. The van der Waals surface area contributed by atoms with Crippen LogP contribution in [0.5, 0.6) is 5.75 Å². The predicted molar refractivity (Wildman–Crippen MR) is 102 cm³/mol. The van der Waals surface area contributed by atoms with Crippen LogP contribution in [0.4, 0.5) is 8.78 Å². The molecule has 0 fully saturated rings. The van der Waals surface area contributed by atoms with Crippen molar-refractivity contribution in [1.29, 1.82) is 0 Å². The average molecular weight is 421 g/mol. The van der Waals surface area contributed by atoms with Gasteiger partial charge in [-0.25, -0.2) is 26.9 Å². The monoisotopic (exact) mass is 421 g/mol. The van der Waals surface area contributed by atoms with Gasteiger partial charge in [-0.1, -0.05) is 0 Å². The maximum Gasteiger partial charge on any atom is 0.253 e. The molecule has 1 heterocycles. The van der Waals surface area contributed by atoms with E-state index in [0.717, 1.165) is 6.07 Å². The lowest BCUT2D eigenvalue weighted by Gasteiger charge is -2.10. The molecule has 0 bridgehead atoms. The summed E-state index contributed by atoms with van der Waals surface area (Å²) in [4.78, 5) is 16.1. The van der Waals surface area contributed by atoms with Gasteiger partial charge in [0, 0.05) is 24.7 Å². The number of nitrogens with zero attached hydrogens (tertiary/aromatic N) is 2. The first-order valence-electron chi connectivity index (χ1n) is 8.46. The van der Waals surface area contributed by atoms with Crippen molar-refractivity contribution in [2.75, 3.05) is 13.7 Å². The number of hydrogen-bond acceptors (Lipinski definition) is 5. The molecule has 152 valence electrons. The van der Waals surface area contributed by atoms with E-state index < -0.39 is 27.2 Å². The number of rotatable bonds is 7. The molecule has 3 aromatic rings. The van der Waals surface area contributed by atoms with Gasteiger partial charge in [-0.3, -0.25) is 9.36 Å². The molecule has 0 amide bonds. The van der Waals surface area contributed by atoms with Gasteiger partial charge in [-0.2, -0.15) is 0 Å². The summed E-state index contributed by atoms with van der Waals surface area (Å²) in [6, 6.07) is 10.1. The van der Waals surface area contributed by atoms with Crippen molar-refractivity contribution in [3.05, 3.63) is 76.8 Å². The smallest absolute Gasteiger partial charge is 0.253 e. The number of hydrogen-bond donors (Lipinski definition) is 1. The Morgan fingerprint density at radius 2 is 1.83 bits per heavy atom. The van der Waals surface area contributed by atoms with Gasteiger partial charge >= 0.3 is 0 Å². The number of methoxy groups -OCH3 is 1. The Kier molecular flexibility index (Phi) is 6.04. The van der Waals surface area contributed by atoms with Gasteiger partial charge in [0.1, 0.15) is 5.82 Å². The first kappa shape index (κ1) is 20.6. The van der Waals surface area contributed by atoms with Crippen LogP contribution in [0.1, 0.15) is 0 Å². The van der Waals surface area contributed by atoms with E-state index in [1.165, 1.54) is 60.5 Å². The van der Waals surface area contributed by atoms with Crippen LogP contribution in [0.25, 0.3) is 11.3 Å². The molecule has 0 aliphatic rings. The third kappa shape index (κ3) is 4.84. The first-order chi connectivity index (χ1) is 13.8. The highest BCUT2D eigenvalue weighted by atomic mass is 32.2. The largest absolute Gasteiger partial charge is 0.494 e. The third-order valence-corrected chi connectivity index (χ3v) is 5.56. The standard InChI is InChI=1S/C19H17F2N3O4S/c1-28-18-7-6-15(10-16(18)21)29(26,27)23-8-9-24-12-22-17(11-19(24)25)13-2-4-14(20)5-3-13/h2-7,10-12,23H,8-9H2,1H3. The zero-order chi connectivity index (χ0) is 21.0. The summed E-state index contributed by atoms with van der Waals surface area (Å²) in [5.41, 5.74) is 0.562. The minimum absolute atomic E-state index is 0.0212. The SMILES string of the molecule is COc1ccc(S(=O)(=O)NCCn2cnc(-c3ccc(F)cc3)cc2=O)cc1F.